The molecule has 0 radical (unpaired) electrons. The second-order valence-electron chi connectivity index (χ2n) is 41.0. The number of non-ortho nitro benzene ring substituents is 1. The molecule has 0 spiro atoms. The lowest BCUT2D eigenvalue weighted by atomic mass is 9.83. The van der Waals surface area contributed by atoms with E-state index < -0.39 is 0 Å². The maximum absolute atomic E-state index is 13.4. The van der Waals surface area contributed by atoms with E-state index in [9.17, 15) is 18.9 Å². The van der Waals surface area contributed by atoms with Crippen LogP contribution in [0.1, 0.15) is 298 Å². The molecule has 0 saturated heterocycles. The van der Waals surface area contributed by atoms with Crippen molar-refractivity contribution in [3.8, 4) is 18.4 Å². The lowest BCUT2D eigenvalue weighted by Crippen LogP contribution is -2.13. The average molecular weight is 1890 g/mol. The van der Waals surface area contributed by atoms with E-state index in [2.05, 4.69) is 350 Å². The van der Waals surface area contributed by atoms with E-state index in [-0.39, 0.29) is 71.0 Å². The lowest BCUT2D eigenvalue weighted by molar-refractivity contribution is -0.384. The fraction of sp³-hybridized carbons (Fsp3) is 0.413. The molecule has 0 bridgehead atoms. The van der Waals surface area contributed by atoms with Gasteiger partial charge >= 0.3 is 0 Å². The van der Waals surface area contributed by atoms with Crippen LogP contribution in [-0.4, -0.2) is 9.91 Å². The molecule has 652 valence electrons. The smallest absolute Gasteiger partial charge is 0.258 e. The zero-order valence-corrected chi connectivity index (χ0v) is 85.4. The van der Waals surface area contributed by atoms with Crippen molar-refractivity contribution in [1.82, 2.24) is 4.98 Å². The Hall–Kier alpha value is -8.76. The van der Waals surface area contributed by atoms with Crippen molar-refractivity contribution >= 4 is 89.8 Å². The summed E-state index contributed by atoms with van der Waals surface area (Å²) in [7, 11) is 0. The Balaban J connectivity index is 0.000000355. The standard InChI is InChI=1S/C15H18.C14H17N.C13H15F.C12H15N.C11H15Cl.C11H14FI.C11H15I.C11H15N3.C11H15NO2/c1-11-9-12-7-5-6-8-13(12)10-14(11)15(2,3)4;1-10-8-13-11(6-5-7-15-13)9-12(10)14(2,3)4;1-6-10-7-9(2)11(8-12(10)14)13(3,4)5;1-9-7-10(8-13)5-6-11(9)12(2,3)4;1-8-7-9(12)5-6-10(8)11(2,3)4;1-7-5-10(13)9(12)6-8(7)11(2,3)4;1-8-7-9(12)5-6-10(8)11(2,3)4;1-8-7-9(13-14-12)5-6-10(8)11(2,3)4;1-8-7-9(12(13)14)5-6-10(8)11(2,3)4/h5-10H,1-4H3;5-9H,1-4H3;1,7-8H,2-5H3;5-7H,1-4H3;5-7H,1-4H3;5-6H,1-4H3;5-7H,1-4H3;2*5-7H,1-4H3. The van der Waals surface area contributed by atoms with E-state index in [4.69, 9.17) is 28.8 Å². The Morgan fingerprint density at radius 2 is 0.762 bits per heavy atom. The van der Waals surface area contributed by atoms with Gasteiger partial charge in [-0.3, -0.25) is 15.1 Å². The second-order valence-corrected chi connectivity index (χ2v) is 43.8. The van der Waals surface area contributed by atoms with Gasteiger partial charge in [-0.15, -0.1) is 6.42 Å². The number of aryl methyl sites for hydroxylation is 9. The zero-order valence-electron chi connectivity index (χ0n) is 80.3. The van der Waals surface area contributed by atoms with Crippen molar-refractivity contribution in [2.45, 2.75) is 298 Å². The molecule has 0 fully saturated rings. The van der Waals surface area contributed by atoms with Crippen LogP contribution in [0.2, 0.25) is 5.02 Å². The molecule has 13 heteroatoms. The molecule has 10 aromatic carbocycles. The fourth-order valence-corrected chi connectivity index (χ4v) is 16.5. The van der Waals surface area contributed by atoms with Crippen LogP contribution >= 0.6 is 56.8 Å². The topological polar surface area (TPSA) is 129 Å². The first-order valence-corrected chi connectivity index (χ1v) is 44.3. The summed E-state index contributed by atoms with van der Waals surface area (Å²) in [5, 5.41) is 27.5. The SMILES string of the molecule is C#Cc1cc(C)c(C(C)(C)C)cc1F.Cc1cc(C#N)ccc1C(C)(C)C.Cc1cc(Cl)ccc1C(C)(C)C.Cc1cc(I)c(F)cc1C(C)(C)C.Cc1cc(I)ccc1C(C)(C)C.Cc1cc(N=[N+]=[N-])ccc1C(C)(C)C.Cc1cc([N+](=O)[O-])ccc1C(C)(C)C.Cc1cc2ccccc2cc1C(C)(C)C.Cc1cc2ncccc2cc1C(C)(C)C. The molecule has 0 N–H and O–H groups in total. The molecule has 0 atom stereocenters. The molecule has 1 aromatic heterocycles. The average Bonchev–Trinajstić information content (AvgIpc) is 0.789. The van der Waals surface area contributed by atoms with Crippen molar-refractivity contribution in [1.29, 1.82) is 5.26 Å². The first-order chi connectivity index (χ1) is 55.7. The summed E-state index contributed by atoms with van der Waals surface area (Å²) in [5.41, 5.74) is 35.0. The van der Waals surface area contributed by atoms with E-state index in [0.29, 0.717) is 14.8 Å². The highest BCUT2D eigenvalue weighted by Gasteiger charge is 2.25. The summed E-state index contributed by atoms with van der Waals surface area (Å²) in [4.78, 5) is 17.3. The Morgan fingerprint density at radius 3 is 1.17 bits per heavy atom. The maximum Gasteiger partial charge on any atom is 0.269 e. The van der Waals surface area contributed by atoms with Gasteiger partial charge in [-0.2, -0.15) is 5.26 Å². The number of nitro groups is 1. The van der Waals surface area contributed by atoms with Crippen LogP contribution in [0.15, 0.2) is 187 Å². The predicted octanol–water partition coefficient (Wildman–Crippen LogP) is 34.2. The number of nitrogens with zero attached hydrogens (tertiary/aromatic N) is 6. The number of pyridine rings is 1. The number of fused-ring (bicyclic) bond motifs is 2. The number of azide groups is 1. The van der Waals surface area contributed by atoms with Gasteiger partial charge in [0.15, 0.2) is 0 Å². The Bertz CT molecular complexity index is 5320. The first-order valence-electron chi connectivity index (χ1n) is 41.7. The first kappa shape index (κ1) is 107. The molecule has 0 unspecified atom stereocenters. The molecule has 0 aliphatic heterocycles. The van der Waals surface area contributed by atoms with Crippen molar-refractivity contribution in [3.63, 3.8) is 0 Å². The minimum Gasteiger partial charge on any atom is -0.258 e. The second kappa shape index (κ2) is 44.7. The molecule has 11 aromatic rings. The normalized spacial score (nSPS) is 11.5. The molecular weight excluding hydrogens is 1750 g/mol. The van der Waals surface area contributed by atoms with Crippen LogP contribution < -0.4 is 0 Å². The minimum atomic E-state index is -0.362. The lowest BCUT2D eigenvalue weighted by Gasteiger charge is -2.22. The number of hydrogen-bond acceptors (Lipinski definition) is 5. The quantitative estimate of drug-likeness (QED) is 0.0325. The number of benzene rings is 10. The van der Waals surface area contributed by atoms with Crippen LogP contribution in [0.25, 0.3) is 32.1 Å². The molecular formula is C109H139ClF2I2N6O2. The van der Waals surface area contributed by atoms with E-state index in [1.165, 1.54) is 92.1 Å². The van der Waals surface area contributed by atoms with Crippen molar-refractivity contribution in [2.75, 3.05) is 0 Å². The third-order valence-corrected chi connectivity index (χ3v) is 22.3. The van der Waals surface area contributed by atoms with Gasteiger partial charge in [-0.1, -0.05) is 288 Å². The highest BCUT2D eigenvalue weighted by molar-refractivity contribution is 14.1. The number of halogens is 5. The molecule has 0 saturated carbocycles. The highest BCUT2D eigenvalue weighted by Crippen LogP contribution is 2.36. The molecule has 0 aliphatic carbocycles. The van der Waals surface area contributed by atoms with Crippen LogP contribution in [0.4, 0.5) is 20.2 Å². The summed E-state index contributed by atoms with van der Waals surface area (Å²) in [6, 6.07) is 60.1. The van der Waals surface area contributed by atoms with Gasteiger partial charge in [-0.05, 0) is 358 Å². The number of rotatable bonds is 2. The summed E-state index contributed by atoms with van der Waals surface area (Å²) in [5.74, 6) is 1.92. The van der Waals surface area contributed by atoms with Crippen molar-refractivity contribution in [2.24, 2.45) is 5.11 Å². The van der Waals surface area contributed by atoms with Gasteiger partial charge in [0.25, 0.3) is 5.69 Å². The summed E-state index contributed by atoms with van der Waals surface area (Å²) >= 11 is 10.2. The van der Waals surface area contributed by atoms with Crippen molar-refractivity contribution < 1.29 is 13.7 Å². The molecule has 0 amide bonds. The minimum absolute atomic E-state index is 0.0231. The van der Waals surface area contributed by atoms with Crippen LogP contribution in [0.3, 0.4) is 0 Å². The summed E-state index contributed by atoms with van der Waals surface area (Å²) < 4.78 is 28.7. The number of hydrogen-bond donors (Lipinski definition) is 0. The van der Waals surface area contributed by atoms with Gasteiger partial charge in [0.05, 0.1) is 27.6 Å². The largest absolute Gasteiger partial charge is 0.269 e. The molecule has 8 nitrogen and oxygen atoms in total. The molecule has 1 heterocycles. The number of nitro benzene ring substituents is 1. The number of aromatic nitrogens is 1. The van der Waals surface area contributed by atoms with Gasteiger partial charge in [0.2, 0.25) is 0 Å². The van der Waals surface area contributed by atoms with Gasteiger partial charge < -0.3 is 0 Å². The van der Waals surface area contributed by atoms with Crippen LogP contribution in [-0.2, 0) is 48.7 Å². The van der Waals surface area contributed by atoms with Crippen LogP contribution in [0, 0.1) is 115 Å². The van der Waals surface area contributed by atoms with Crippen molar-refractivity contribution in [3.05, 3.63) is 338 Å². The Kier molecular flexibility index (Phi) is 39.4. The van der Waals surface area contributed by atoms with E-state index in [0.717, 1.165) is 43.9 Å². The Morgan fingerprint density at radius 1 is 0.410 bits per heavy atom. The summed E-state index contributed by atoms with van der Waals surface area (Å²) in [6.07, 6.45) is 7.03. The van der Waals surface area contributed by atoms with E-state index in [1.54, 1.807) is 30.3 Å². The third-order valence-electron chi connectivity index (χ3n) is 20.6. The molecule has 122 heavy (non-hydrogen) atoms. The highest BCUT2D eigenvalue weighted by atomic mass is 127. The fourth-order valence-electron chi connectivity index (χ4n) is 15.0. The number of nitriles is 1. The molecule has 0 aliphatic rings. The zero-order chi connectivity index (χ0) is 93.7. The Labute approximate surface area is 766 Å². The third kappa shape index (κ3) is 34.1. The monoisotopic (exact) mass is 1890 g/mol. The van der Waals surface area contributed by atoms with E-state index >= 15 is 0 Å². The van der Waals surface area contributed by atoms with Gasteiger partial charge in [-0.25, -0.2) is 8.78 Å². The van der Waals surface area contributed by atoms with Gasteiger partial charge in [0, 0.05) is 46.5 Å². The van der Waals surface area contributed by atoms with Crippen LogP contribution in [0.5, 0.6) is 0 Å². The summed E-state index contributed by atoms with van der Waals surface area (Å²) in [6.45, 7) is 77.4. The number of terminal acetylenes is 1. The predicted molar refractivity (Wildman–Crippen MR) is 540 cm³/mol. The van der Waals surface area contributed by atoms with E-state index in [1.807, 2.05) is 123 Å². The van der Waals surface area contributed by atoms with Gasteiger partial charge in [0.1, 0.15) is 11.6 Å². The maximum atomic E-state index is 13.4. The molecule has 11 rings (SSSR count).